The molecule has 1 N–H and O–H groups in total. The van der Waals surface area contributed by atoms with Crippen molar-refractivity contribution in [3.63, 3.8) is 0 Å². The molecule has 2 aromatic heterocycles. The maximum absolute atomic E-state index is 12.9. The number of aryl methyl sites for hydroxylation is 2. The number of carbonyl (C=O) groups is 1. The van der Waals surface area contributed by atoms with Gasteiger partial charge in [0, 0.05) is 37.2 Å². The van der Waals surface area contributed by atoms with Gasteiger partial charge in [-0.1, -0.05) is 0 Å². The maximum Gasteiger partial charge on any atom is 0.322 e. The van der Waals surface area contributed by atoms with E-state index in [1.807, 2.05) is 47.9 Å². The number of carbonyl (C=O) groups excluding carboxylic acids is 1. The van der Waals surface area contributed by atoms with Crippen molar-refractivity contribution >= 4 is 33.3 Å². The Bertz CT molecular complexity index is 902. The summed E-state index contributed by atoms with van der Waals surface area (Å²) in [5.74, 6) is 1.02. The van der Waals surface area contributed by atoms with Gasteiger partial charge < -0.3 is 14.8 Å². The van der Waals surface area contributed by atoms with Crippen LogP contribution < -0.4 is 5.32 Å². The van der Waals surface area contributed by atoms with E-state index in [1.54, 1.807) is 11.3 Å². The van der Waals surface area contributed by atoms with Crippen molar-refractivity contribution in [3.05, 3.63) is 41.9 Å². The molecule has 0 spiro atoms. The second-order valence-electron chi connectivity index (χ2n) is 6.76. The summed E-state index contributed by atoms with van der Waals surface area (Å²) < 4.78 is 3.29. The van der Waals surface area contributed by atoms with Gasteiger partial charge in [-0.2, -0.15) is 0 Å². The molecule has 3 heterocycles. The molecule has 1 atom stereocenters. The number of nitrogens with one attached hydrogen (secondary N) is 1. The summed E-state index contributed by atoms with van der Waals surface area (Å²) in [7, 11) is 0. The number of anilines is 1. The van der Waals surface area contributed by atoms with Gasteiger partial charge in [0.15, 0.2) is 0 Å². The molecule has 0 radical (unpaired) electrons. The number of nitrogens with zero attached hydrogens (tertiary/aromatic N) is 4. The second-order valence-corrected chi connectivity index (χ2v) is 7.65. The normalized spacial score (nSPS) is 17.6. The third-order valence-corrected chi connectivity index (χ3v) is 5.91. The van der Waals surface area contributed by atoms with Crippen LogP contribution in [0.3, 0.4) is 0 Å². The Morgan fingerprint density at radius 1 is 1.35 bits per heavy atom. The molecule has 0 unspecified atom stereocenters. The van der Waals surface area contributed by atoms with Crippen LogP contribution in [0.25, 0.3) is 10.2 Å². The fourth-order valence-corrected chi connectivity index (χ4v) is 4.29. The number of likely N-dealkylation sites (tertiary alicyclic amines) is 1. The molecule has 1 saturated heterocycles. The molecule has 3 aromatic rings. The summed E-state index contributed by atoms with van der Waals surface area (Å²) in [6.45, 7) is 3.73. The molecule has 0 saturated carbocycles. The number of benzene rings is 1. The lowest BCUT2D eigenvalue weighted by molar-refractivity contribution is 0.155. The first-order valence-corrected chi connectivity index (χ1v) is 9.97. The lowest BCUT2D eigenvalue weighted by Crippen LogP contribution is -2.46. The summed E-state index contributed by atoms with van der Waals surface area (Å²) in [5.41, 5.74) is 3.57. The summed E-state index contributed by atoms with van der Waals surface area (Å²) in [5, 5.41) is 3.06. The highest BCUT2D eigenvalue weighted by Gasteiger charge is 2.26. The number of thiazole rings is 1. The average molecular weight is 369 g/mol. The highest BCUT2D eigenvalue weighted by atomic mass is 32.1. The smallest absolute Gasteiger partial charge is 0.322 e. The molecule has 4 rings (SSSR count). The lowest BCUT2D eigenvalue weighted by atomic mass is 9.99. The molecule has 0 bridgehead atoms. The fraction of sp³-hybridized carbons (Fsp3) is 0.421. The zero-order valence-electron chi connectivity index (χ0n) is 14.9. The second kappa shape index (κ2) is 7.45. The quantitative estimate of drug-likeness (QED) is 0.747. The van der Waals surface area contributed by atoms with E-state index in [9.17, 15) is 4.79 Å². The molecule has 7 heteroatoms. The van der Waals surface area contributed by atoms with Crippen molar-refractivity contribution < 1.29 is 4.79 Å². The Balaban J connectivity index is 1.42. The van der Waals surface area contributed by atoms with Crippen LogP contribution in [-0.2, 0) is 6.54 Å². The van der Waals surface area contributed by atoms with Gasteiger partial charge in [0.25, 0.3) is 0 Å². The van der Waals surface area contributed by atoms with E-state index in [0.717, 1.165) is 54.1 Å². The Hall–Kier alpha value is -2.41. The van der Waals surface area contributed by atoms with Gasteiger partial charge in [-0.25, -0.2) is 14.8 Å². The molecular formula is C19H23N5OS. The van der Waals surface area contributed by atoms with Gasteiger partial charge in [0.2, 0.25) is 0 Å². The van der Waals surface area contributed by atoms with Crippen molar-refractivity contribution in [2.75, 3.05) is 11.9 Å². The predicted octanol–water partition coefficient (Wildman–Crippen LogP) is 4.28. The standard InChI is InChI=1S/C19H23N5OS/c1-14-20-8-11-23(14)10-7-16-4-2-3-9-24(16)19(25)22-15-5-6-18-17(12-15)21-13-26-18/h5-6,8,11-13,16H,2-4,7,9-10H2,1H3,(H,22,25)/t16-/m1/s1. The first kappa shape index (κ1) is 17.0. The minimum Gasteiger partial charge on any atom is -0.335 e. The van der Waals surface area contributed by atoms with Crippen LogP contribution in [0.15, 0.2) is 36.1 Å². The molecule has 1 fully saturated rings. The summed E-state index contributed by atoms with van der Waals surface area (Å²) in [6.07, 6.45) is 8.10. The first-order chi connectivity index (χ1) is 12.7. The van der Waals surface area contributed by atoms with Crippen LogP contribution in [0.4, 0.5) is 10.5 Å². The number of amides is 2. The number of rotatable bonds is 4. The van der Waals surface area contributed by atoms with Gasteiger partial charge >= 0.3 is 6.03 Å². The molecule has 136 valence electrons. The van der Waals surface area contributed by atoms with E-state index in [1.165, 1.54) is 6.42 Å². The number of hydrogen-bond donors (Lipinski definition) is 1. The van der Waals surface area contributed by atoms with E-state index in [2.05, 4.69) is 19.9 Å². The molecule has 2 amide bonds. The number of hydrogen-bond acceptors (Lipinski definition) is 4. The van der Waals surface area contributed by atoms with Crippen molar-refractivity contribution in [2.45, 2.75) is 45.2 Å². The molecule has 1 aliphatic rings. The van der Waals surface area contributed by atoms with Crippen LogP contribution >= 0.6 is 11.3 Å². The Kier molecular flexibility index (Phi) is 4.88. The van der Waals surface area contributed by atoms with E-state index in [4.69, 9.17) is 0 Å². The van der Waals surface area contributed by atoms with Crippen molar-refractivity contribution in [3.8, 4) is 0 Å². The fourth-order valence-electron chi connectivity index (χ4n) is 3.63. The third kappa shape index (κ3) is 3.58. The molecule has 0 aliphatic carbocycles. The van der Waals surface area contributed by atoms with Gasteiger partial charge in [-0.3, -0.25) is 0 Å². The van der Waals surface area contributed by atoms with Gasteiger partial charge in [0.1, 0.15) is 5.82 Å². The highest BCUT2D eigenvalue weighted by Crippen LogP contribution is 2.24. The lowest BCUT2D eigenvalue weighted by Gasteiger charge is -2.36. The van der Waals surface area contributed by atoms with Crippen LogP contribution in [-0.4, -0.2) is 38.1 Å². The first-order valence-electron chi connectivity index (χ1n) is 9.09. The largest absolute Gasteiger partial charge is 0.335 e. The summed E-state index contributed by atoms with van der Waals surface area (Å²) in [4.78, 5) is 23.5. The van der Waals surface area contributed by atoms with Gasteiger partial charge in [-0.05, 0) is 50.8 Å². The SMILES string of the molecule is Cc1nccn1CC[C@H]1CCCCN1C(=O)Nc1ccc2scnc2c1. The monoisotopic (exact) mass is 369 g/mol. The summed E-state index contributed by atoms with van der Waals surface area (Å²) >= 11 is 1.61. The van der Waals surface area contributed by atoms with Crippen LogP contribution in [0, 0.1) is 6.92 Å². The number of urea groups is 1. The third-order valence-electron chi connectivity index (χ3n) is 5.10. The van der Waals surface area contributed by atoms with E-state index >= 15 is 0 Å². The van der Waals surface area contributed by atoms with E-state index in [-0.39, 0.29) is 12.1 Å². The van der Waals surface area contributed by atoms with Crippen molar-refractivity contribution in [2.24, 2.45) is 0 Å². The Morgan fingerprint density at radius 2 is 2.27 bits per heavy atom. The molecular weight excluding hydrogens is 346 g/mol. The molecule has 26 heavy (non-hydrogen) atoms. The molecule has 6 nitrogen and oxygen atoms in total. The zero-order chi connectivity index (χ0) is 17.9. The average Bonchev–Trinajstić information content (AvgIpc) is 3.28. The van der Waals surface area contributed by atoms with Crippen LogP contribution in [0.2, 0.25) is 0 Å². The molecule has 1 aliphatic heterocycles. The molecule has 1 aromatic carbocycles. The Morgan fingerprint density at radius 3 is 3.12 bits per heavy atom. The van der Waals surface area contributed by atoms with E-state index < -0.39 is 0 Å². The number of fused-ring (bicyclic) bond motifs is 1. The van der Waals surface area contributed by atoms with Crippen LogP contribution in [0.5, 0.6) is 0 Å². The van der Waals surface area contributed by atoms with Crippen LogP contribution in [0.1, 0.15) is 31.5 Å². The van der Waals surface area contributed by atoms with Crippen molar-refractivity contribution in [1.29, 1.82) is 0 Å². The van der Waals surface area contributed by atoms with Gasteiger partial charge in [0.05, 0.1) is 15.7 Å². The summed E-state index contributed by atoms with van der Waals surface area (Å²) in [6, 6.07) is 6.17. The highest BCUT2D eigenvalue weighted by molar-refractivity contribution is 7.16. The van der Waals surface area contributed by atoms with Crippen molar-refractivity contribution in [1.82, 2.24) is 19.4 Å². The topological polar surface area (TPSA) is 63.1 Å². The van der Waals surface area contributed by atoms with Gasteiger partial charge in [-0.15, -0.1) is 11.3 Å². The van der Waals surface area contributed by atoms with E-state index in [0.29, 0.717) is 0 Å². The zero-order valence-corrected chi connectivity index (χ0v) is 15.7. The minimum absolute atomic E-state index is 0.00775. The maximum atomic E-state index is 12.9. The number of piperidine rings is 1. The Labute approximate surface area is 156 Å². The minimum atomic E-state index is -0.00775. The number of imidazole rings is 1. The predicted molar refractivity (Wildman–Crippen MR) is 105 cm³/mol. The number of aromatic nitrogens is 3.